The number of aromatic carboxylic acids is 1. The third-order valence-corrected chi connectivity index (χ3v) is 3.55. The van der Waals surface area contributed by atoms with E-state index in [1.165, 1.54) is 12.1 Å². The van der Waals surface area contributed by atoms with E-state index in [9.17, 15) is 9.18 Å². The van der Waals surface area contributed by atoms with E-state index in [1.54, 1.807) is 0 Å². The van der Waals surface area contributed by atoms with E-state index in [0.717, 1.165) is 25.9 Å². The highest BCUT2D eigenvalue weighted by Gasteiger charge is 2.18. The molecule has 6 heteroatoms. The molecule has 2 aromatic rings. The summed E-state index contributed by atoms with van der Waals surface area (Å²) >= 11 is 0. The van der Waals surface area contributed by atoms with Crippen LogP contribution in [0.4, 0.5) is 4.39 Å². The van der Waals surface area contributed by atoms with Gasteiger partial charge in [-0.05, 0) is 25.3 Å². The Morgan fingerprint density at radius 1 is 1.50 bits per heavy atom. The van der Waals surface area contributed by atoms with Crippen molar-refractivity contribution in [3.63, 3.8) is 0 Å². The van der Waals surface area contributed by atoms with Gasteiger partial charge in [-0.1, -0.05) is 0 Å². The molecule has 0 saturated carbocycles. The molecule has 0 amide bonds. The fourth-order valence-electron chi connectivity index (χ4n) is 2.53. The predicted octanol–water partition coefficient (Wildman–Crippen LogP) is 2.51. The van der Waals surface area contributed by atoms with Gasteiger partial charge in [0.05, 0.1) is 22.7 Å². The number of hydrogen-bond donors (Lipinski definition) is 2. The maximum atomic E-state index is 13.6. The van der Waals surface area contributed by atoms with Gasteiger partial charge in [-0.3, -0.25) is 0 Å². The van der Waals surface area contributed by atoms with E-state index in [2.05, 4.69) is 9.97 Å². The van der Waals surface area contributed by atoms with Gasteiger partial charge >= 0.3 is 5.97 Å². The van der Waals surface area contributed by atoms with E-state index in [4.69, 9.17) is 9.84 Å². The number of carboxylic acids is 1. The molecule has 1 aromatic carbocycles. The first-order valence-corrected chi connectivity index (χ1v) is 6.66. The van der Waals surface area contributed by atoms with Crippen LogP contribution in [0, 0.1) is 5.82 Å². The molecule has 1 unspecified atom stereocenters. The number of aromatic amines is 1. The first-order valence-electron chi connectivity index (χ1n) is 6.66. The zero-order chi connectivity index (χ0) is 14.1. The van der Waals surface area contributed by atoms with E-state index >= 15 is 0 Å². The van der Waals surface area contributed by atoms with Gasteiger partial charge in [-0.25, -0.2) is 14.2 Å². The number of imidazole rings is 1. The van der Waals surface area contributed by atoms with Gasteiger partial charge in [0.1, 0.15) is 11.6 Å². The van der Waals surface area contributed by atoms with Crippen LogP contribution in [0.25, 0.3) is 11.0 Å². The van der Waals surface area contributed by atoms with Crippen molar-refractivity contribution in [1.82, 2.24) is 9.97 Å². The molecule has 3 rings (SSSR count). The molecule has 1 aliphatic rings. The molecule has 0 aliphatic carbocycles. The summed E-state index contributed by atoms with van der Waals surface area (Å²) in [7, 11) is 0. The molecular weight excluding hydrogens is 263 g/mol. The molecule has 0 spiro atoms. The smallest absolute Gasteiger partial charge is 0.338 e. The number of benzene rings is 1. The number of nitrogens with zero attached hydrogens (tertiary/aromatic N) is 1. The molecule has 1 saturated heterocycles. The Hall–Kier alpha value is -1.95. The van der Waals surface area contributed by atoms with Crippen LogP contribution in [0.2, 0.25) is 0 Å². The van der Waals surface area contributed by atoms with Gasteiger partial charge in [-0.15, -0.1) is 0 Å². The van der Waals surface area contributed by atoms with Crippen LogP contribution in [-0.2, 0) is 11.2 Å². The molecule has 2 N–H and O–H groups in total. The Bertz CT molecular complexity index is 647. The Kier molecular flexibility index (Phi) is 3.40. The van der Waals surface area contributed by atoms with Crippen LogP contribution < -0.4 is 0 Å². The molecular formula is C14H15FN2O3. The highest BCUT2D eigenvalue weighted by atomic mass is 19.1. The standard InChI is InChI=1S/C14H15FN2O3/c15-10-7-12-11(6-9(10)14(18)19)16-13(17-12)5-8-3-1-2-4-20-8/h6-8H,1-5H2,(H,16,17)(H,18,19). The lowest BCUT2D eigenvalue weighted by Crippen LogP contribution is -2.21. The fraction of sp³-hybridized carbons (Fsp3) is 0.429. The van der Waals surface area contributed by atoms with Crippen LogP contribution in [0.5, 0.6) is 0 Å². The molecule has 1 aliphatic heterocycles. The average molecular weight is 278 g/mol. The van der Waals surface area contributed by atoms with Crippen molar-refractivity contribution in [3.8, 4) is 0 Å². The normalized spacial score (nSPS) is 19.4. The molecule has 106 valence electrons. The second-order valence-electron chi connectivity index (χ2n) is 5.03. The first-order chi connectivity index (χ1) is 9.63. The summed E-state index contributed by atoms with van der Waals surface area (Å²) in [6.07, 6.45) is 3.99. The van der Waals surface area contributed by atoms with Crippen LogP contribution in [-0.4, -0.2) is 33.8 Å². The zero-order valence-electron chi connectivity index (χ0n) is 10.9. The van der Waals surface area contributed by atoms with Crippen LogP contribution in [0.1, 0.15) is 35.4 Å². The third kappa shape index (κ3) is 2.51. The third-order valence-electron chi connectivity index (χ3n) is 3.55. The van der Waals surface area contributed by atoms with E-state index in [0.29, 0.717) is 23.3 Å². The van der Waals surface area contributed by atoms with Gasteiger partial charge < -0.3 is 14.8 Å². The largest absolute Gasteiger partial charge is 0.478 e. The molecule has 0 bridgehead atoms. The number of halogens is 1. The monoisotopic (exact) mass is 278 g/mol. The minimum atomic E-state index is -1.29. The Morgan fingerprint density at radius 2 is 2.35 bits per heavy atom. The lowest BCUT2D eigenvalue weighted by molar-refractivity contribution is 0.0158. The van der Waals surface area contributed by atoms with E-state index in [1.807, 2.05) is 0 Å². The lowest BCUT2D eigenvalue weighted by atomic mass is 10.1. The van der Waals surface area contributed by atoms with Crippen molar-refractivity contribution in [1.29, 1.82) is 0 Å². The summed E-state index contributed by atoms with van der Waals surface area (Å²) in [6, 6.07) is 2.44. The van der Waals surface area contributed by atoms with Gasteiger partial charge in [0.15, 0.2) is 0 Å². The maximum absolute atomic E-state index is 13.6. The Morgan fingerprint density at radius 3 is 3.05 bits per heavy atom. The molecule has 1 atom stereocenters. The molecule has 0 radical (unpaired) electrons. The van der Waals surface area contributed by atoms with Crippen molar-refractivity contribution in [2.24, 2.45) is 0 Å². The summed E-state index contributed by atoms with van der Waals surface area (Å²) in [4.78, 5) is 18.2. The number of hydrogen-bond acceptors (Lipinski definition) is 3. The molecule has 1 aromatic heterocycles. The number of rotatable bonds is 3. The van der Waals surface area contributed by atoms with Gasteiger partial charge in [0.2, 0.25) is 0 Å². The van der Waals surface area contributed by atoms with Crippen molar-refractivity contribution in [3.05, 3.63) is 29.3 Å². The van der Waals surface area contributed by atoms with Gasteiger partial charge in [0, 0.05) is 19.1 Å². The minimum Gasteiger partial charge on any atom is -0.478 e. The summed E-state index contributed by atoms with van der Waals surface area (Å²) in [6.45, 7) is 0.767. The second kappa shape index (κ2) is 5.20. The lowest BCUT2D eigenvalue weighted by Gasteiger charge is -2.21. The average Bonchev–Trinajstić information content (AvgIpc) is 2.79. The number of nitrogens with one attached hydrogen (secondary N) is 1. The number of carboxylic acid groups (broad SMARTS) is 1. The Balaban J connectivity index is 1.88. The molecule has 2 heterocycles. The van der Waals surface area contributed by atoms with Crippen LogP contribution in [0.3, 0.4) is 0 Å². The second-order valence-corrected chi connectivity index (χ2v) is 5.03. The van der Waals surface area contributed by atoms with Crippen molar-refractivity contribution < 1.29 is 19.0 Å². The number of H-pyrrole nitrogens is 1. The number of ether oxygens (including phenoxy) is 1. The molecule has 1 fully saturated rings. The summed E-state index contributed by atoms with van der Waals surface area (Å²) < 4.78 is 19.2. The Labute approximate surface area is 114 Å². The number of carbonyl (C=O) groups is 1. The minimum absolute atomic E-state index is 0.133. The number of aromatic nitrogens is 2. The highest BCUT2D eigenvalue weighted by Crippen LogP contribution is 2.20. The van der Waals surface area contributed by atoms with Crippen LogP contribution in [0.15, 0.2) is 12.1 Å². The van der Waals surface area contributed by atoms with Crippen molar-refractivity contribution in [2.75, 3.05) is 6.61 Å². The summed E-state index contributed by atoms with van der Waals surface area (Å²) in [5.41, 5.74) is 0.623. The SMILES string of the molecule is O=C(O)c1cc2nc(CC3CCCCO3)[nH]c2cc1F. The number of fused-ring (bicyclic) bond motifs is 1. The van der Waals surface area contributed by atoms with Gasteiger partial charge in [-0.2, -0.15) is 0 Å². The van der Waals surface area contributed by atoms with E-state index in [-0.39, 0.29) is 11.7 Å². The summed E-state index contributed by atoms with van der Waals surface area (Å²) in [5, 5.41) is 8.89. The quantitative estimate of drug-likeness (QED) is 0.904. The molecule has 20 heavy (non-hydrogen) atoms. The maximum Gasteiger partial charge on any atom is 0.338 e. The van der Waals surface area contributed by atoms with Crippen molar-refractivity contribution in [2.45, 2.75) is 31.8 Å². The topological polar surface area (TPSA) is 75.2 Å². The zero-order valence-corrected chi connectivity index (χ0v) is 10.9. The predicted molar refractivity (Wildman–Crippen MR) is 70.3 cm³/mol. The molecule has 5 nitrogen and oxygen atoms in total. The summed E-state index contributed by atoms with van der Waals surface area (Å²) in [5.74, 6) is -1.34. The van der Waals surface area contributed by atoms with Crippen molar-refractivity contribution >= 4 is 17.0 Å². The highest BCUT2D eigenvalue weighted by molar-refractivity contribution is 5.92. The van der Waals surface area contributed by atoms with E-state index < -0.39 is 11.8 Å². The van der Waals surface area contributed by atoms with Crippen LogP contribution >= 0.6 is 0 Å². The first kappa shape index (κ1) is 13.1. The fourth-order valence-corrected chi connectivity index (χ4v) is 2.53. The van der Waals surface area contributed by atoms with Gasteiger partial charge in [0.25, 0.3) is 0 Å².